The van der Waals surface area contributed by atoms with Gasteiger partial charge in [-0.1, -0.05) is 109 Å². The van der Waals surface area contributed by atoms with E-state index in [1.54, 1.807) is 0 Å². The lowest BCUT2D eigenvalue weighted by atomic mass is 10.0. The predicted molar refractivity (Wildman–Crippen MR) is 201 cm³/mol. The Hall–Kier alpha value is -6.92. The van der Waals surface area contributed by atoms with Crippen LogP contribution in [0.25, 0.3) is 94.9 Å². The molecular weight excluding hydrogens is 615 g/mol. The van der Waals surface area contributed by atoms with Crippen molar-refractivity contribution < 1.29 is 4.42 Å². The highest BCUT2D eigenvalue weighted by Crippen LogP contribution is 2.38. The minimum Gasteiger partial charge on any atom is -0.456 e. The van der Waals surface area contributed by atoms with Gasteiger partial charge < -0.3 is 4.42 Å². The molecule has 10 rings (SSSR count). The standard InChI is InChI=1S/C44H27N5O/c1-3-12-28(13-4-1)41-46-42(29-14-5-2-6-15-29)48-43(47-41)35-18-11-25-45-44(35)49-37-19-9-7-16-32(37)36-26-30(22-24-38(36)49)31-21-23-34-33-17-8-10-20-39(33)50-40(34)27-31/h1-27H. The zero-order valence-corrected chi connectivity index (χ0v) is 26.7. The fraction of sp³-hybridized carbons (Fsp3) is 0. The summed E-state index contributed by atoms with van der Waals surface area (Å²) in [6.07, 6.45) is 1.83. The molecule has 4 aromatic heterocycles. The maximum atomic E-state index is 6.23. The van der Waals surface area contributed by atoms with Crippen LogP contribution in [0.1, 0.15) is 0 Å². The number of benzene rings is 6. The average molecular weight is 642 g/mol. The van der Waals surface area contributed by atoms with Gasteiger partial charge in [0.05, 0.1) is 16.6 Å². The second-order valence-electron chi connectivity index (χ2n) is 12.3. The van der Waals surface area contributed by atoms with Gasteiger partial charge in [0.15, 0.2) is 17.5 Å². The molecule has 0 spiro atoms. The Morgan fingerprint density at radius 1 is 0.400 bits per heavy atom. The van der Waals surface area contributed by atoms with E-state index in [-0.39, 0.29) is 0 Å². The van der Waals surface area contributed by atoms with Gasteiger partial charge in [-0.3, -0.25) is 4.57 Å². The second kappa shape index (κ2) is 11.4. The second-order valence-corrected chi connectivity index (χ2v) is 12.3. The van der Waals surface area contributed by atoms with Crippen LogP contribution in [-0.4, -0.2) is 24.5 Å². The number of fused-ring (bicyclic) bond motifs is 6. The quantitative estimate of drug-likeness (QED) is 0.187. The molecule has 6 aromatic carbocycles. The fourth-order valence-corrected chi connectivity index (χ4v) is 6.96. The highest BCUT2D eigenvalue weighted by Gasteiger charge is 2.20. The summed E-state index contributed by atoms with van der Waals surface area (Å²) < 4.78 is 8.46. The maximum absolute atomic E-state index is 6.23. The van der Waals surface area contributed by atoms with Gasteiger partial charge in [0.25, 0.3) is 0 Å². The normalized spacial score (nSPS) is 11.6. The molecule has 0 aliphatic carbocycles. The van der Waals surface area contributed by atoms with Crippen molar-refractivity contribution in [3.05, 3.63) is 164 Å². The first-order chi connectivity index (χ1) is 24.8. The topological polar surface area (TPSA) is 69.6 Å². The molecule has 0 fully saturated rings. The third-order valence-corrected chi connectivity index (χ3v) is 9.32. The number of aromatic nitrogens is 5. The van der Waals surface area contributed by atoms with Gasteiger partial charge in [0.2, 0.25) is 0 Å². The summed E-state index contributed by atoms with van der Waals surface area (Å²) in [5.74, 6) is 2.52. The summed E-state index contributed by atoms with van der Waals surface area (Å²) >= 11 is 0. The van der Waals surface area contributed by atoms with Crippen molar-refractivity contribution in [1.29, 1.82) is 0 Å². The number of rotatable bonds is 5. The van der Waals surface area contributed by atoms with Crippen LogP contribution < -0.4 is 0 Å². The van der Waals surface area contributed by atoms with Crippen molar-refractivity contribution in [3.63, 3.8) is 0 Å². The Labute approximate surface area is 287 Å². The molecule has 0 bridgehead atoms. The maximum Gasteiger partial charge on any atom is 0.167 e. The van der Waals surface area contributed by atoms with E-state index in [1.807, 2.05) is 97.2 Å². The van der Waals surface area contributed by atoms with Crippen molar-refractivity contribution in [2.45, 2.75) is 0 Å². The highest BCUT2D eigenvalue weighted by molar-refractivity contribution is 6.11. The van der Waals surface area contributed by atoms with E-state index in [2.05, 4.69) is 71.3 Å². The third kappa shape index (κ3) is 4.58. The molecule has 0 unspecified atom stereocenters. The van der Waals surface area contributed by atoms with E-state index in [4.69, 9.17) is 24.4 Å². The zero-order chi connectivity index (χ0) is 33.0. The van der Waals surface area contributed by atoms with Crippen LogP contribution in [0.5, 0.6) is 0 Å². The van der Waals surface area contributed by atoms with Crippen molar-refractivity contribution in [2.24, 2.45) is 0 Å². The third-order valence-electron chi connectivity index (χ3n) is 9.32. The molecule has 0 aliphatic heterocycles. The van der Waals surface area contributed by atoms with Crippen LogP contribution >= 0.6 is 0 Å². The van der Waals surface area contributed by atoms with E-state index < -0.39 is 0 Å². The van der Waals surface area contributed by atoms with Crippen molar-refractivity contribution in [1.82, 2.24) is 24.5 Å². The van der Waals surface area contributed by atoms with Crippen LogP contribution in [0, 0.1) is 0 Å². The minimum atomic E-state index is 0.558. The molecule has 0 atom stereocenters. The lowest BCUT2D eigenvalue weighted by molar-refractivity contribution is 0.669. The molecule has 6 heteroatoms. The zero-order valence-electron chi connectivity index (χ0n) is 26.7. The molecule has 0 N–H and O–H groups in total. The number of para-hydroxylation sites is 2. The Balaban J connectivity index is 1.16. The summed E-state index contributed by atoms with van der Waals surface area (Å²) in [5.41, 5.74) is 8.73. The average Bonchev–Trinajstić information content (AvgIpc) is 3.73. The van der Waals surface area contributed by atoms with E-state index in [9.17, 15) is 0 Å². The molecule has 4 heterocycles. The number of nitrogens with zero attached hydrogens (tertiary/aromatic N) is 5. The lowest BCUT2D eigenvalue weighted by Gasteiger charge is -2.13. The molecule has 0 saturated carbocycles. The lowest BCUT2D eigenvalue weighted by Crippen LogP contribution is -2.05. The Bertz CT molecular complexity index is 2820. The Kier molecular flexibility index (Phi) is 6.39. The van der Waals surface area contributed by atoms with Crippen LogP contribution in [0.15, 0.2) is 168 Å². The summed E-state index contributed by atoms with van der Waals surface area (Å²) in [7, 11) is 0. The van der Waals surface area contributed by atoms with Crippen molar-refractivity contribution in [3.8, 4) is 51.1 Å². The van der Waals surface area contributed by atoms with Crippen molar-refractivity contribution in [2.75, 3.05) is 0 Å². The van der Waals surface area contributed by atoms with Gasteiger partial charge in [-0.25, -0.2) is 19.9 Å². The van der Waals surface area contributed by atoms with Gasteiger partial charge in [0, 0.05) is 38.9 Å². The van der Waals surface area contributed by atoms with E-state index in [1.165, 1.54) is 0 Å². The monoisotopic (exact) mass is 641 g/mol. The van der Waals surface area contributed by atoms with Crippen LogP contribution in [0.2, 0.25) is 0 Å². The number of pyridine rings is 1. The Morgan fingerprint density at radius 3 is 1.78 bits per heavy atom. The summed E-state index contributed by atoms with van der Waals surface area (Å²) in [6, 6.07) is 53.8. The molecule has 0 amide bonds. The molecule has 0 saturated heterocycles. The van der Waals surface area contributed by atoms with E-state index >= 15 is 0 Å². The van der Waals surface area contributed by atoms with Gasteiger partial charge in [0.1, 0.15) is 17.0 Å². The smallest absolute Gasteiger partial charge is 0.167 e. The van der Waals surface area contributed by atoms with Gasteiger partial charge in [-0.2, -0.15) is 0 Å². The molecule has 234 valence electrons. The van der Waals surface area contributed by atoms with Crippen LogP contribution in [-0.2, 0) is 0 Å². The fourth-order valence-electron chi connectivity index (χ4n) is 6.96. The van der Waals surface area contributed by atoms with Crippen LogP contribution in [0.4, 0.5) is 0 Å². The molecule has 50 heavy (non-hydrogen) atoms. The summed E-state index contributed by atoms with van der Waals surface area (Å²) in [6.45, 7) is 0. The van der Waals surface area contributed by atoms with Crippen molar-refractivity contribution >= 4 is 43.7 Å². The molecule has 6 nitrogen and oxygen atoms in total. The number of hydrogen-bond donors (Lipinski definition) is 0. The highest BCUT2D eigenvalue weighted by atomic mass is 16.3. The van der Waals surface area contributed by atoms with Gasteiger partial charge >= 0.3 is 0 Å². The SMILES string of the molecule is c1ccc(-c2nc(-c3ccccc3)nc(-c3cccnc3-n3c4ccccc4c4cc(-c5ccc6c(c5)oc5ccccc56)ccc43)n2)cc1. The number of furan rings is 1. The molecular formula is C44H27N5O. The first-order valence-corrected chi connectivity index (χ1v) is 16.6. The van der Waals surface area contributed by atoms with E-state index in [0.717, 1.165) is 77.4 Å². The molecule has 0 radical (unpaired) electrons. The summed E-state index contributed by atoms with van der Waals surface area (Å²) in [4.78, 5) is 20.0. The Morgan fingerprint density at radius 2 is 1.00 bits per heavy atom. The first-order valence-electron chi connectivity index (χ1n) is 16.6. The minimum absolute atomic E-state index is 0.558. The van der Waals surface area contributed by atoms with Gasteiger partial charge in [-0.15, -0.1) is 0 Å². The number of hydrogen-bond acceptors (Lipinski definition) is 5. The van der Waals surface area contributed by atoms with Crippen LogP contribution in [0.3, 0.4) is 0 Å². The predicted octanol–water partition coefficient (Wildman–Crippen LogP) is 10.9. The molecule has 0 aliphatic rings. The van der Waals surface area contributed by atoms with Gasteiger partial charge in [-0.05, 0) is 59.7 Å². The largest absolute Gasteiger partial charge is 0.456 e. The summed E-state index contributed by atoms with van der Waals surface area (Å²) in [5, 5.41) is 4.51. The first kappa shape index (κ1) is 28.1. The molecule has 10 aromatic rings. The van der Waals surface area contributed by atoms with E-state index in [0.29, 0.717) is 17.5 Å².